The first-order chi connectivity index (χ1) is 7.25. The van der Waals surface area contributed by atoms with Gasteiger partial charge in [-0.1, -0.05) is 12.1 Å². The van der Waals surface area contributed by atoms with E-state index >= 15 is 0 Å². The van der Waals surface area contributed by atoms with Gasteiger partial charge in [0, 0.05) is 0 Å². The Morgan fingerprint density at radius 1 is 1.40 bits per heavy atom. The van der Waals surface area contributed by atoms with Gasteiger partial charge >= 0.3 is 0 Å². The minimum absolute atomic E-state index is 0.153. The number of amides is 1. The van der Waals surface area contributed by atoms with Crippen LogP contribution in [0.4, 0.5) is 10.1 Å². The summed E-state index contributed by atoms with van der Waals surface area (Å²) in [5.74, 6) is -0.547. The number of nitrogens with one attached hydrogen (secondary N) is 1. The normalized spacial score (nSPS) is 15.8. The van der Waals surface area contributed by atoms with Gasteiger partial charge in [0.25, 0.3) is 0 Å². The molecule has 80 valence electrons. The zero-order chi connectivity index (χ0) is 10.7. The molecule has 15 heavy (non-hydrogen) atoms. The molecule has 1 fully saturated rings. The summed E-state index contributed by atoms with van der Waals surface area (Å²) in [6, 6.07) is 6.19. The van der Waals surface area contributed by atoms with E-state index in [1.807, 2.05) is 4.90 Å². The van der Waals surface area contributed by atoms with E-state index in [9.17, 15) is 9.18 Å². The van der Waals surface area contributed by atoms with E-state index in [0.29, 0.717) is 6.54 Å². The number of nitrogens with zero attached hydrogens (tertiary/aromatic N) is 1. The standard InChI is InChI=1S/C11H13FN2O/c12-9-4-1-2-5-10(9)13-11(15)8-14-6-3-7-14/h1-2,4-5H,3,6-8H2,(H,13,15). The van der Waals surface area contributed by atoms with Gasteiger partial charge in [-0.15, -0.1) is 0 Å². The number of anilines is 1. The number of benzene rings is 1. The van der Waals surface area contributed by atoms with Gasteiger partial charge in [-0.05, 0) is 31.6 Å². The van der Waals surface area contributed by atoms with Crippen molar-refractivity contribution in [2.45, 2.75) is 6.42 Å². The molecule has 3 nitrogen and oxygen atoms in total. The third kappa shape index (κ3) is 2.53. The predicted octanol–water partition coefficient (Wildman–Crippen LogP) is 1.47. The fourth-order valence-electron chi connectivity index (χ4n) is 1.50. The summed E-state index contributed by atoms with van der Waals surface area (Å²) in [6.07, 6.45) is 1.15. The molecule has 2 rings (SSSR count). The first kappa shape index (κ1) is 10.1. The van der Waals surface area contributed by atoms with E-state index in [-0.39, 0.29) is 11.6 Å². The van der Waals surface area contributed by atoms with Crippen molar-refractivity contribution in [1.82, 2.24) is 4.90 Å². The van der Waals surface area contributed by atoms with Gasteiger partial charge in [0.05, 0.1) is 12.2 Å². The number of halogens is 1. The molecule has 0 bridgehead atoms. The van der Waals surface area contributed by atoms with Gasteiger partial charge < -0.3 is 5.32 Å². The van der Waals surface area contributed by atoms with E-state index in [4.69, 9.17) is 0 Å². The summed E-state index contributed by atoms with van der Waals surface area (Å²) >= 11 is 0. The molecule has 4 heteroatoms. The summed E-state index contributed by atoms with van der Waals surface area (Å²) < 4.78 is 13.2. The van der Waals surface area contributed by atoms with Crippen LogP contribution in [0.3, 0.4) is 0 Å². The zero-order valence-corrected chi connectivity index (χ0v) is 8.37. The van der Waals surface area contributed by atoms with E-state index in [1.165, 1.54) is 6.07 Å². The second-order valence-corrected chi connectivity index (χ2v) is 3.66. The van der Waals surface area contributed by atoms with Crippen LogP contribution in [0.25, 0.3) is 0 Å². The average Bonchev–Trinajstić information content (AvgIpc) is 2.16. The largest absolute Gasteiger partial charge is 0.322 e. The van der Waals surface area contributed by atoms with Crippen LogP contribution in [-0.4, -0.2) is 30.4 Å². The molecule has 0 unspecified atom stereocenters. The molecule has 0 aliphatic carbocycles. The second-order valence-electron chi connectivity index (χ2n) is 3.66. The van der Waals surface area contributed by atoms with E-state index in [0.717, 1.165) is 19.5 Å². The molecule has 1 amide bonds. The molecular weight excluding hydrogens is 195 g/mol. The Labute approximate surface area is 87.9 Å². The third-order valence-corrected chi connectivity index (χ3v) is 2.46. The first-order valence-corrected chi connectivity index (χ1v) is 5.02. The highest BCUT2D eigenvalue weighted by Crippen LogP contribution is 2.12. The van der Waals surface area contributed by atoms with Gasteiger partial charge in [-0.3, -0.25) is 9.69 Å². The predicted molar refractivity (Wildman–Crippen MR) is 56.1 cm³/mol. The molecule has 1 aromatic rings. The van der Waals surface area contributed by atoms with Crippen LogP contribution in [0.15, 0.2) is 24.3 Å². The Balaban J connectivity index is 1.90. The minimum Gasteiger partial charge on any atom is -0.322 e. The number of hydrogen-bond acceptors (Lipinski definition) is 2. The molecule has 1 aliphatic rings. The highest BCUT2D eigenvalue weighted by molar-refractivity contribution is 5.92. The molecule has 0 aromatic heterocycles. The van der Waals surface area contributed by atoms with Crippen molar-refractivity contribution in [3.63, 3.8) is 0 Å². The number of carbonyl (C=O) groups is 1. The topological polar surface area (TPSA) is 32.3 Å². The monoisotopic (exact) mass is 208 g/mol. The number of hydrogen-bond donors (Lipinski definition) is 1. The molecule has 1 N–H and O–H groups in total. The van der Waals surface area contributed by atoms with E-state index in [1.54, 1.807) is 18.2 Å². The van der Waals surface area contributed by atoms with E-state index in [2.05, 4.69) is 5.32 Å². The van der Waals surface area contributed by atoms with Gasteiger partial charge in [0.15, 0.2) is 0 Å². The van der Waals surface area contributed by atoms with Crippen molar-refractivity contribution >= 4 is 11.6 Å². The Hall–Kier alpha value is -1.42. The number of para-hydroxylation sites is 1. The van der Waals surface area contributed by atoms with Crippen LogP contribution < -0.4 is 5.32 Å². The minimum atomic E-state index is -0.394. The van der Waals surface area contributed by atoms with Crippen LogP contribution in [-0.2, 0) is 4.79 Å². The molecule has 1 saturated heterocycles. The third-order valence-electron chi connectivity index (χ3n) is 2.46. The van der Waals surface area contributed by atoms with Gasteiger partial charge in [-0.25, -0.2) is 4.39 Å². The second kappa shape index (κ2) is 4.40. The molecule has 0 radical (unpaired) electrons. The summed E-state index contributed by atoms with van der Waals surface area (Å²) in [4.78, 5) is 13.5. The number of rotatable bonds is 3. The lowest BCUT2D eigenvalue weighted by molar-refractivity contribution is -0.118. The van der Waals surface area contributed by atoms with Gasteiger partial charge in [0.2, 0.25) is 5.91 Å². The Bertz CT molecular complexity index is 363. The lowest BCUT2D eigenvalue weighted by atomic mass is 10.2. The fourth-order valence-corrected chi connectivity index (χ4v) is 1.50. The molecule has 0 spiro atoms. The SMILES string of the molecule is O=C(CN1CCC1)Nc1ccccc1F. The van der Waals surface area contributed by atoms with Crippen LogP contribution in [0.5, 0.6) is 0 Å². The lowest BCUT2D eigenvalue weighted by Gasteiger charge is -2.29. The highest BCUT2D eigenvalue weighted by atomic mass is 19.1. The molecule has 1 heterocycles. The lowest BCUT2D eigenvalue weighted by Crippen LogP contribution is -2.42. The molecule has 0 saturated carbocycles. The molecule has 1 aliphatic heterocycles. The van der Waals surface area contributed by atoms with Crippen molar-refractivity contribution in [1.29, 1.82) is 0 Å². The van der Waals surface area contributed by atoms with Crippen LogP contribution in [0.1, 0.15) is 6.42 Å². The maximum Gasteiger partial charge on any atom is 0.238 e. The quantitative estimate of drug-likeness (QED) is 0.815. The Kier molecular flexibility index (Phi) is 2.97. The molecule has 0 atom stereocenters. The van der Waals surface area contributed by atoms with Crippen LogP contribution in [0.2, 0.25) is 0 Å². The number of carbonyl (C=O) groups excluding carboxylic acids is 1. The summed E-state index contributed by atoms with van der Waals surface area (Å²) in [6.45, 7) is 2.28. The van der Waals surface area contributed by atoms with Crippen LogP contribution >= 0.6 is 0 Å². The van der Waals surface area contributed by atoms with Crippen molar-refractivity contribution in [2.24, 2.45) is 0 Å². The van der Waals surface area contributed by atoms with Gasteiger partial charge in [0.1, 0.15) is 5.82 Å². The average molecular weight is 208 g/mol. The Morgan fingerprint density at radius 2 is 2.13 bits per heavy atom. The maximum atomic E-state index is 13.2. The summed E-state index contributed by atoms with van der Waals surface area (Å²) in [7, 11) is 0. The number of likely N-dealkylation sites (tertiary alicyclic amines) is 1. The fraction of sp³-hybridized carbons (Fsp3) is 0.364. The maximum absolute atomic E-state index is 13.2. The van der Waals surface area contributed by atoms with Crippen LogP contribution in [0, 0.1) is 5.82 Å². The van der Waals surface area contributed by atoms with Gasteiger partial charge in [-0.2, -0.15) is 0 Å². The zero-order valence-electron chi connectivity index (χ0n) is 8.37. The van der Waals surface area contributed by atoms with Crippen molar-refractivity contribution in [3.8, 4) is 0 Å². The smallest absolute Gasteiger partial charge is 0.238 e. The first-order valence-electron chi connectivity index (χ1n) is 5.02. The highest BCUT2D eigenvalue weighted by Gasteiger charge is 2.17. The molecule has 1 aromatic carbocycles. The van der Waals surface area contributed by atoms with E-state index < -0.39 is 5.82 Å². The molecular formula is C11H13FN2O. The summed E-state index contributed by atoms with van der Waals surface area (Å²) in [5, 5.41) is 2.55. The van der Waals surface area contributed by atoms with Crippen molar-refractivity contribution < 1.29 is 9.18 Å². The van der Waals surface area contributed by atoms with Crippen molar-refractivity contribution in [2.75, 3.05) is 25.0 Å². The summed E-state index contributed by atoms with van der Waals surface area (Å²) in [5.41, 5.74) is 0.253. The Morgan fingerprint density at radius 3 is 2.73 bits per heavy atom. The van der Waals surface area contributed by atoms with Crippen molar-refractivity contribution in [3.05, 3.63) is 30.1 Å².